The number of fused-ring (bicyclic) bond motifs is 3. The van der Waals surface area contributed by atoms with Gasteiger partial charge in [0.2, 0.25) is 0 Å². The zero-order valence-electron chi connectivity index (χ0n) is 19.0. The lowest BCUT2D eigenvalue weighted by atomic mass is 9.98. The highest BCUT2D eigenvalue weighted by molar-refractivity contribution is 5.79. The van der Waals surface area contributed by atoms with E-state index < -0.39 is 34.7 Å². The molecule has 3 aromatic rings. The van der Waals surface area contributed by atoms with E-state index in [2.05, 4.69) is 5.32 Å². The average Bonchev–Trinajstić information content (AvgIpc) is 3.20. The highest BCUT2D eigenvalue weighted by Gasteiger charge is 2.30. The molecule has 3 aromatic carbocycles. The van der Waals surface area contributed by atoms with Crippen LogP contribution in [-0.2, 0) is 4.74 Å². The van der Waals surface area contributed by atoms with E-state index in [0.717, 1.165) is 34.4 Å². The molecule has 0 spiro atoms. The van der Waals surface area contributed by atoms with Crippen LogP contribution in [0, 0.1) is 21.4 Å². The van der Waals surface area contributed by atoms with Crippen LogP contribution in [0.25, 0.3) is 11.1 Å². The highest BCUT2D eigenvalue weighted by Crippen LogP contribution is 2.44. The molecule has 1 amide bonds. The van der Waals surface area contributed by atoms with Crippen molar-refractivity contribution >= 4 is 11.8 Å². The van der Waals surface area contributed by atoms with E-state index in [1.807, 2.05) is 48.5 Å². The number of amides is 1. The first-order chi connectivity index (χ1) is 17.3. The molecule has 0 aromatic heterocycles. The molecule has 36 heavy (non-hydrogen) atoms. The summed E-state index contributed by atoms with van der Waals surface area (Å²) in [6.45, 7) is 0.0409. The number of aliphatic hydroxyl groups is 2. The maximum atomic E-state index is 12.3. The van der Waals surface area contributed by atoms with Crippen molar-refractivity contribution in [3.8, 4) is 22.9 Å². The van der Waals surface area contributed by atoms with Crippen molar-refractivity contribution in [2.24, 2.45) is 0 Å². The van der Waals surface area contributed by atoms with Gasteiger partial charge in [-0.3, -0.25) is 10.1 Å². The molecule has 2 atom stereocenters. The number of aliphatic hydroxyl groups excluding tert-OH is 2. The van der Waals surface area contributed by atoms with Gasteiger partial charge in [-0.25, -0.2) is 4.79 Å². The second kappa shape index (κ2) is 10.4. The minimum Gasteiger partial charge on any atom is -0.502 e. The minimum atomic E-state index is -1.72. The van der Waals surface area contributed by atoms with Crippen LogP contribution < -0.4 is 5.32 Å². The van der Waals surface area contributed by atoms with Crippen LogP contribution in [0.3, 0.4) is 0 Å². The zero-order valence-corrected chi connectivity index (χ0v) is 19.0. The van der Waals surface area contributed by atoms with Gasteiger partial charge in [-0.05, 0) is 34.7 Å². The van der Waals surface area contributed by atoms with E-state index in [9.17, 15) is 30.2 Å². The number of rotatable bonds is 8. The molecular weight excluding hydrogens is 466 g/mol. The number of carbonyl (C=O) groups is 1. The van der Waals surface area contributed by atoms with E-state index in [0.29, 0.717) is 0 Å². The lowest BCUT2D eigenvalue weighted by molar-refractivity contribution is -0.386. The fourth-order valence-electron chi connectivity index (χ4n) is 4.41. The number of nitrogens with one attached hydrogen (secondary N) is 1. The van der Waals surface area contributed by atoms with E-state index in [1.54, 1.807) is 6.07 Å². The molecule has 0 radical (unpaired) electrons. The standard InChI is InChI=1S/C26H23N3O7/c27-13-15-11-20(24(31)22(12-15)29(34)35)25(32)23(30)9-10-28-26(33)36-14-21-18-7-3-1-5-16(18)17-6-2-4-8-19(17)21/h1-8,11-12,21,23,25,30-32H,9-10,14H2,(H,28,33). The van der Waals surface area contributed by atoms with Gasteiger partial charge >= 0.3 is 11.8 Å². The fourth-order valence-corrected chi connectivity index (χ4v) is 4.41. The number of nitrogens with zero attached hydrogens (tertiary/aromatic N) is 2. The van der Waals surface area contributed by atoms with Gasteiger partial charge in [0.15, 0.2) is 5.75 Å². The molecule has 0 fully saturated rings. The Kier molecular flexibility index (Phi) is 7.15. The molecule has 0 saturated carbocycles. The summed E-state index contributed by atoms with van der Waals surface area (Å²) in [6, 6.07) is 19.5. The van der Waals surface area contributed by atoms with Gasteiger partial charge in [0.25, 0.3) is 0 Å². The van der Waals surface area contributed by atoms with Crippen molar-refractivity contribution in [3.63, 3.8) is 0 Å². The first-order valence-corrected chi connectivity index (χ1v) is 11.2. The Morgan fingerprint density at radius 1 is 1.11 bits per heavy atom. The Balaban J connectivity index is 1.33. The first kappa shape index (κ1) is 24.7. The van der Waals surface area contributed by atoms with Gasteiger partial charge in [0, 0.05) is 24.1 Å². The molecule has 4 rings (SSSR count). The number of nitro groups is 1. The van der Waals surface area contributed by atoms with Crippen LogP contribution in [0.2, 0.25) is 0 Å². The lowest BCUT2D eigenvalue weighted by Gasteiger charge is -2.19. The smallest absolute Gasteiger partial charge is 0.407 e. The van der Waals surface area contributed by atoms with Crippen LogP contribution in [0.5, 0.6) is 5.75 Å². The lowest BCUT2D eigenvalue weighted by Crippen LogP contribution is -2.30. The molecule has 2 unspecified atom stereocenters. The third-order valence-electron chi connectivity index (χ3n) is 6.18. The average molecular weight is 489 g/mol. The van der Waals surface area contributed by atoms with Crippen molar-refractivity contribution < 1.29 is 29.8 Å². The maximum absolute atomic E-state index is 12.3. The summed E-state index contributed by atoms with van der Waals surface area (Å²) in [7, 11) is 0. The normalized spacial score (nSPS) is 13.7. The van der Waals surface area contributed by atoms with Crippen LogP contribution in [0.4, 0.5) is 10.5 Å². The number of alkyl carbamates (subject to hydrolysis) is 1. The zero-order chi connectivity index (χ0) is 25.8. The van der Waals surface area contributed by atoms with Crippen LogP contribution in [-0.4, -0.2) is 45.6 Å². The molecule has 10 heteroatoms. The number of hydrogen-bond donors (Lipinski definition) is 4. The van der Waals surface area contributed by atoms with Crippen LogP contribution in [0.1, 0.15) is 40.7 Å². The predicted octanol–water partition coefficient (Wildman–Crippen LogP) is 3.50. The number of nitriles is 1. The summed E-state index contributed by atoms with van der Waals surface area (Å²) < 4.78 is 5.41. The van der Waals surface area contributed by atoms with Crippen molar-refractivity contribution in [1.29, 1.82) is 5.26 Å². The number of phenols is 1. The summed E-state index contributed by atoms with van der Waals surface area (Å²) in [5, 5.41) is 53.5. The van der Waals surface area contributed by atoms with Crippen molar-refractivity contribution in [1.82, 2.24) is 5.32 Å². The molecule has 10 nitrogen and oxygen atoms in total. The highest BCUT2D eigenvalue weighted by atomic mass is 16.6. The van der Waals surface area contributed by atoms with Gasteiger partial charge in [0.05, 0.1) is 22.7 Å². The Morgan fingerprint density at radius 2 is 1.72 bits per heavy atom. The van der Waals surface area contributed by atoms with Gasteiger partial charge in [-0.1, -0.05) is 48.5 Å². The van der Waals surface area contributed by atoms with Gasteiger partial charge in [-0.15, -0.1) is 0 Å². The summed E-state index contributed by atoms with van der Waals surface area (Å²) in [5.41, 5.74) is 3.07. The molecule has 0 aliphatic heterocycles. The first-order valence-electron chi connectivity index (χ1n) is 11.2. The summed E-state index contributed by atoms with van der Waals surface area (Å²) in [6.07, 6.45) is -4.06. The summed E-state index contributed by atoms with van der Waals surface area (Å²) >= 11 is 0. The number of nitro benzene ring substituents is 1. The maximum Gasteiger partial charge on any atom is 0.407 e. The third kappa shape index (κ3) is 4.84. The van der Waals surface area contributed by atoms with Crippen molar-refractivity contribution in [3.05, 3.63) is 93.0 Å². The predicted molar refractivity (Wildman–Crippen MR) is 128 cm³/mol. The third-order valence-corrected chi connectivity index (χ3v) is 6.18. The Labute approximate surface area is 206 Å². The van der Waals surface area contributed by atoms with Crippen LogP contribution >= 0.6 is 0 Å². The number of aromatic hydroxyl groups is 1. The van der Waals surface area contributed by atoms with Gasteiger partial charge in [0.1, 0.15) is 12.7 Å². The molecule has 0 bridgehead atoms. The minimum absolute atomic E-state index is 0.0737. The second-order valence-electron chi connectivity index (χ2n) is 8.36. The molecule has 184 valence electrons. The van der Waals surface area contributed by atoms with Gasteiger partial charge in [-0.2, -0.15) is 5.26 Å². The largest absolute Gasteiger partial charge is 0.502 e. The van der Waals surface area contributed by atoms with E-state index >= 15 is 0 Å². The van der Waals surface area contributed by atoms with Crippen molar-refractivity contribution in [2.75, 3.05) is 13.2 Å². The van der Waals surface area contributed by atoms with Crippen LogP contribution in [0.15, 0.2) is 60.7 Å². The number of benzene rings is 3. The second-order valence-corrected chi connectivity index (χ2v) is 8.36. The summed E-state index contributed by atoms with van der Waals surface area (Å²) in [4.78, 5) is 22.5. The number of hydrogen-bond acceptors (Lipinski definition) is 8. The van der Waals surface area contributed by atoms with Gasteiger partial charge < -0.3 is 25.4 Å². The quantitative estimate of drug-likeness (QED) is 0.276. The Hall–Kier alpha value is -4.46. The van der Waals surface area contributed by atoms with E-state index in [4.69, 9.17) is 10.00 Å². The Morgan fingerprint density at radius 3 is 2.31 bits per heavy atom. The monoisotopic (exact) mass is 489 g/mol. The topological polar surface area (TPSA) is 166 Å². The molecule has 1 aliphatic carbocycles. The summed E-state index contributed by atoms with van der Waals surface area (Å²) in [5.74, 6) is -0.947. The molecule has 0 heterocycles. The number of carbonyl (C=O) groups excluding carboxylic acids is 1. The number of ether oxygens (including phenoxy) is 1. The molecule has 1 aliphatic rings. The molecule has 4 N–H and O–H groups in total. The van der Waals surface area contributed by atoms with Crippen molar-refractivity contribution in [2.45, 2.75) is 24.5 Å². The number of phenolic OH excluding ortho intramolecular Hbond substituents is 1. The van der Waals surface area contributed by atoms with E-state index in [-0.39, 0.29) is 36.6 Å². The molecular formula is C26H23N3O7. The fraction of sp³-hybridized carbons (Fsp3) is 0.231. The SMILES string of the molecule is N#Cc1cc(C(O)C(O)CCNC(=O)OCC2c3ccccc3-c3ccccc32)c(O)c([N+](=O)[O-])c1. The van der Waals surface area contributed by atoms with E-state index in [1.165, 1.54) is 0 Å². The Bertz CT molecular complexity index is 1310. The molecule has 0 saturated heterocycles.